The summed E-state index contributed by atoms with van der Waals surface area (Å²) in [5.41, 5.74) is 21.2. The first kappa shape index (κ1) is 42.6. The lowest BCUT2D eigenvalue weighted by atomic mass is 9.69. The van der Waals surface area contributed by atoms with Crippen molar-refractivity contribution >= 4 is 33.1 Å². The Morgan fingerprint density at radius 2 is 1.16 bits per heavy atom. The molecule has 1 atom stereocenters. The summed E-state index contributed by atoms with van der Waals surface area (Å²) < 4.78 is 6.60. The molecule has 4 nitrogen and oxygen atoms in total. The smallest absolute Gasteiger partial charge is 0.164 e. The summed E-state index contributed by atoms with van der Waals surface area (Å²) in [5.74, 6) is 1.77. The fraction of sp³-hybridized carbons (Fsp3) is 0.0758. The lowest BCUT2D eigenvalue weighted by Crippen LogP contribution is -2.26. The predicted octanol–water partition coefficient (Wildman–Crippen LogP) is 17.3. The van der Waals surface area contributed by atoms with Gasteiger partial charge in [0.15, 0.2) is 17.5 Å². The highest BCUT2D eigenvalue weighted by Crippen LogP contribution is 2.63. The number of nitrogens with zero attached hydrogens (tertiary/aromatic N) is 3. The van der Waals surface area contributed by atoms with E-state index < -0.39 is 5.41 Å². The number of furan rings is 1. The molecule has 0 saturated heterocycles. The summed E-state index contributed by atoms with van der Waals surface area (Å²) in [6, 6.07) is 65.1. The van der Waals surface area contributed by atoms with Crippen LogP contribution in [0.3, 0.4) is 0 Å². The Bertz CT molecular complexity index is 3850. The standard InChI is InChI=1S/C66H49N3O/c1-5-8-20-43(7-3)44-34-36-46(37-35-44)64-67-63(45-21-11-10-12-22-45)68-65(69-64)53-28-19-33-60-62(53)54-41-48(38-39-59(54)70-60)47-23-17-24-49(40-47)51-27-18-32-58-61(51)52-26-14-16-31-57(52)66(58)55(29-9-6-2)42(4)50-25-13-15-30-56(50)66/h5,7-41H,3,6H2,1-2,4H3/b8-5-,29-9-,43-20+. The molecule has 1 unspecified atom stereocenters. The third-order valence-electron chi connectivity index (χ3n) is 14.2. The summed E-state index contributed by atoms with van der Waals surface area (Å²) in [5, 5.41) is 1.96. The number of allylic oxidation sites excluding steroid dienone is 9. The maximum atomic E-state index is 6.60. The third-order valence-corrected chi connectivity index (χ3v) is 14.2. The molecule has 2 aliphatic rings. The number of hydrogen-bond acceptors (Lipinski definition) is 4. The molecule has 0 aliphatic heterocycles. The quantitative estimate of drug-likeness (QED) is 0.128. The van der Waals surface area contributed by atoms with Crippen LogP contribution in [-0.4, -0.2) is 15.0 Å². The second-order valence-electron chi connectivity index (χ2n) is 18.1. The highest BCUT2D eigenvalue weighted by atomic mass is 16.3. The van der Waals surface area contributed by atoms with Gasteiger partial charge in [0.25, 0.3) is 0 Å². The lowest BCUT2D eigenvalue weighted by Gasteiger charge is -2.31. The van der Waals surface area contributed by atoms with E-state index in [0.29, 0.717) is 17.5 Å². The SMILES string of the molecule is C=C/C(=C\C=C/C)c1ccc(-c2nc(-c3ccccc3)nc(-c3cccc4oc5ccc(-c6cccc(-c7cccc8c7-c7ccccc7C87C(/C=C\CC)=C(C)c8ccccc87)c6)cc5c34)n2)cc1. The van der Waals surface area contributed by atoms with Crippen LogP contribution in [0.5, 0.6) is 0 Å². The highest BCUT2D eigenvalue weighted by Gasteiger charge is 2.51. The van der Waals surface area contributed by atoms with Crippen LogP contribution in [0, 0.1) is 0 Å². The third kappa shape index (κ3) is 6.78. The predicted molar refractivity (Wildman–Crippen MR) is 291 cm³/mol. The second-order valence-corrected chi connectivity index (χ2v) is 18.1. The van der Waals surface area contributed by atoms with Crippen molar-refractivity contribution in [3.05, 3.63) is 258 Å². The molecule has 1 spiro atoms. The molecule has 0 fully saturated rings. The molecule has 2 aromatic heterocycles. The zero-order valence-corrected chi connectivity index (χ0v) is 39.4. The van der Waals surface area contributed by atoms with E-state index in [9.17, 15) is 0 Å². The molecule has 10 aromatic rings. The summed E-state index contributed by atoms with van der Waals surface area (Å²) >= 11 is 0. The Hall–Kier alpha value is -8.73. The molecule has 70 heavy (non-hydrogen) atoms. The fourth-order valence-corrected chi connectivity index (χ4v) is 11.0. The van der Waals surface area contributed by atoms with Crippen molar-refractivity contribution in [1.29, 1.82) is 0 Å². The Morgan fingerprint density at radius 1 is 0.557 bits per heavy atom. The number of aromatic nitrogens is 3. The summed E-state index contributed by atoms with van der Waals surface area (Å²) in [6.45, 7) is 10.6. The van der Waals surface area contributed by atoms with Gasteiger partial charge in [0.1, 0.15) is 11.2 Å². The number of hydrogen-bond donors (Lipinski definition) is 0. The zero-order valence-electron chi connectivity index (χ0n) is 39.4. The second kappa shape index (κ2) is 17.4. The fourth-order valence-electron chi connectivity index (χ4n) is 11.0. The molecule has 2 heterocycles. The van der Waals surface area contributed by atoms with Gasteiger partial charge in [-0.25, -0.2) is 15.0 Å². The minimum absolute atomic E-state index is 0.401. The molecule has 12 rings (SSSR count). The van der Waals surface area contributed by atoms with E-state index in [1.807, 2.05) is 67.6 Å². The lowest BCUT2D eigenvalue weighted by molar-refractivity contribution is 0.669. The van der Waals surface area contributed by atoms with E-state index in [4.69, 9.17) is 19.4 Å². The Morgan fingerprint density at radius 3 is 1.93 bits per heavy atom. The van der Waals surface area contributed by atoms with Gasteiger partial charge in [0, 0.05) is 27.5 Å². The highest BCUT2D eigenvalue weighted by molar-refractivity contribution is 6.13. The molecular formula is C66H49N3O. The largest absolute Gasteiger partial charge is 0.456 e. The van der Waals surface area contributed by atoms with Crippen LogP contribution in [0.4, 0.5) is 0 Å². The van der Waals surface area contributed by atoms with Crippen LogP contribution in [0.1, 0.15) is 55.0 Å². The molecule has 0 radical (unpaired) electrons. The summed E-state index contributed by atoms with van der Waals surface area (Å²) in [4.78, 5) is 15.4. The molecule has 4 heteroatoms. The molecule has 0 saturated carbocycles. The molecule has 8 aromatic carbocycles. The molecule has 0 amide bonds. The molecule has 334 valence electrons. The topological polar surface area (TPSA) is 51.8 Å². The van der Waals surface area contributed by atoms with Gasteiger partial charge < -0.3 is 4.42 Å². The Balaban J connectivity index is 0.984. The Labute approximate surface area is 409 Å². The van der Waals surface area contributed by atoms with Crippen molar-refractivity contribution in [3.63, 3.8) is 0 Å². The average Bonchev–Trinajstić information content (AvgIpc) is 4.03. The van der Waals surface area contributed by atoms with Crippen LogP contribution in [0.15, 0.2) is 235 Å². The van der Waals surface area contributed by atoms with Crippen molar-refractivity contribution in [3.8, 4) is 67.5 Å². The van der Waals surface area contributed by atoms with E-state index in [2.05, 4.69) is 178 Å². The van der Waals surface area contributed by atoms with E-state index in [0.717, 1.165) is 67.3 Å². The van der Waals surface area contributed by atoms with Crippen molar-refractivity contribution in [2.24, 2.45) is 0 Å². The van der Waals surface area contributed by atoms with Gasteiger partial charge in [-0.3, -0.25) is 0 Å². The van der Waals surface area contributed by atoms with Gasteiger partial charge in [-0.05, 0) is 122 Å². The van der Waals surface area contributed by atoms with Gasteiger partial charge in [-0.1, -0.05) is 208 Å². The first-order valence-electron chi connectivity index (χ1n) is 24.2. The minimum Gasteiger partial charge on any atom is -0.456 e. The van der Waals surface area contributed by atoms with Crippen molar-refractivity contribution < 1.29 is 4.42 Å². The van der Waals surface area contributed by atoms with Crippen molar-refractivity contribution in [1.82, 2.24) is 15.0 Å². The van der Waals surface area contributed by atoms with E-state index >= 15 is 0 Å². The first-order valence-corrected chi connectivity index (χ1v) is 24.2. The molecule has 2 aliphatic carbocycles. The Kier molecular flexibility index (Phi) is 10.6. The minimum atomic E-state index is -0.401. The van der Waals surface area contributed by atoms with E-state index in [1.54, 1.807) is 0 Å². The zero-order chi connectivity index (χ0) is 47.3. The number of fused-ring (bicyclic) bond motifs is 10. The molecule has 0 N–H and O–H groups in total. The maximum absolute atomic E-state index is 6.60. The van der Waals surface area contributed by atoms with E-state index in [1.165, 1.54) is 55.7 Å². The molecular weight excluding hydrogens is 851 g/mol. The number of rotatable bonds is 10. The van der Waals surface area contributed by atoms with Crippen molar-refractivity contribution in [2.45, 2.75) is 32.6 Å². The van der Waals surface area contributed by atoms with Gasteiger partial charge in [0.2, 0.25) is 0 Å². The van der Waals surface area contributed by atoms with Crippen LogP contribution in [0.2, 0.25) is 0 Å². The van der Waals surface area contributed by atoms with Gasteiger partial charge in [0.05, 0.1) is 5.41 Å². The van der Waals surface area contributed by atoms with Gasteiger partial charge in [-0.2, -0.15) is 0 Å². The van der Waals surface area contributed by atoms with Crippen LogP contribution >= 0.6 is 0 Å². The van der Waals surface area contributed by atoms with E-state index in [-0.39, 0.29) is 0 Å². The van der Waals surface area contributed by atoms with Crippen LogP contribution in [0.25, 0.3) is 101 Å². The van der Waals surface area contributed by atoms with Gasteiger partial charge in [-0.15, -0.1) is 0 Å². The first-order chi connectivity index (χ1) is 34.5. The summed E-state index contributed by atoms with van der Waals surface area (Å²) in [6.07, 6.45) is 13.6. The monoisotopic (exact) mass is 899 g/mol. The number of benzene rings is 8. The molecule has 0 bridgehead atoms. The van der Waals surface area contributed by atoms with Gasteiger partial charge >= 0.3 is 0 Å². The van der Waals surface area contributed by atoms with Crippen LogP contribution in [-0.2, 0) is 5.41 Å². The maximum Gasteiger partial charge on any atom is 0.164 e. The summed E-state index contributed by atoms with van der Waals surface area (Å²) in [7, 11) is 0. The normalized spacial score (nSPS) is 15.2. The average molecular weight is 900 g/mol. The van der Waals surface area contributed by atoms with Crippen molar-refractivity contribution in [2.75, 3.05) is 0 Å². The van der Waals surface area contributed by atoms with Crippen LogP contribution < -0.4 is 0 Å².